The lowest BCUT2D eigenvalue weighted by Gasteiger charge is -2.29. The van der Waals surface area contributed by atoms with Crippen LogP contribution in [0.1, 0.15) is 50.7 Å². The van der Waals surface area contributed by atoms with Crippen LogP contribution in [-0.2, 0) is 16.0 Å². The van der Waals surface area contributed by atoms with Gasteiger partial charge in [0.1, 0.15) is 11.3 Å². The van der Waals surface area contributed by atoms with E-state index < -0.39 is 17.7 Å². The van der Waals surface area contributed by atoms with E-state index in [2.05, 4.69) is 5.32 Å². The number of fused-ring (bicyclic) bond motifs is 1. The van der Waals surface area contributed by atoms with Crippen molar-refractivity contribution in [3.63, 3.8) is 0 Å². The minimum Gasteiger partial charge on any atom is -0.550 e. The molecule has 1 atom stereocenters. The summed E-state index contributed by atoms with van der Waals surface area (Å²) in [6.07, 6.45) is 2.70. The molecule has 2 aromatic rings. The van der Waals surface area contributed by atoms with E-state index >= 15 is 0 Å². The van der Waals surface area contributed by atoms with E-state index in [0.717, 1.165) is 23.8 Å². The fraction of sp³-hybridized carbons (Fsp3) is 0.522. The van der Waals surface area contributed by atoms with Crippen molar-refractivity contribution >= 4 is 22.8 Å². The molecule has 3 rings (SSSR count). The van der Waals surface area contributed by atoms with Gasteiger partial charge in [0.05, 0.1) is 0 Å². The van der Waals surface area contributed by atoms with E-state index in [-0.39, 0.29) is 17.7 Å². The van der Waals surface area contributed by atoms with Crippen molar-refractivity contribution in [2.24, 2.45) is 11.8 Å². The van der Waals surface area contributed by atoms with Gasteiger partial charge in [0.25, 0.3) is 5.91 Å². The lowest BCUT2D eigenvalue weighted by atomic mass is 9.82. The molecule has 162 valence electrons. The number of benzene rings is 1. The van der Waals surface area contributed by atoms with Crippen molar-refractivity contribution in [2.75, 3.05) is 6.54 Å². The maximum absolute atomic E-state index is 12.5. The Morgan fingerprint density at radius 1 is 1.27 bits per heavy atom. The Bertz CT molecular complexity index is 987. The predicted molar refractivity (Wildman–Crippen MR) is 110 cm³/mol. The standard InChI is InChI=1S/C23H29NO6/c1-4-16-11-20(25)30-21-13(2)19(10-9-18(16)21)29-14(3)22(26)24-12-15-5-7-17(8-6-15)23(27)28/h9-11,14-15,17H,4-8,12H2,1-3H3,(H,24,26)(H,27,28)/p-1/t14-,15?,17?/m0/s1. The zero-order valence-electron chi connectivity index (χ0n) is 17.7. The first kappa shape index (κ1) is 21.9. The van der Waals surface area contributed by atoms with Crippen molar-refractivity contribution in [2.45, 2.75) is 59.0 Å². The number of ether oxygens (including phenoxy) is 1. The molecule has 1 aliphatic carbocycles. The third kappa shape index (κ3) is 4.83. The van der Waals surface area contributed by atoms with Crippen LogP contribution in [0.25, 0.3) is 11.0 Å². The summed E-state index contributed by atoms with van der Waals surface area (Å²) in [4.78, 5) is 35.3. The molecule has 1 aromatic carbocycles. The van der Waals surface area contributed by atoms with Gasteiger partial charge in [0.2, 0.25) is 0 Å². The van der Waals surface area contributed by atoms with Crippen LogP contribution in [0.5, 0.6) is 5.75 Å². The van der Waals surface area contributed by atoms with Gasteiger partial charge in [-0.05, 0) is 75.5 Å². The SMILES string of the molecule is CCc1cc(=O)oc2c(C)c(O[C@@H](C)C(=O)NCC3CCC(C(=O)[O-])CC3)ccc12. The lowest BCUT2D eigenvalue weighted by molar-refractivity contribution is -0.312. The summed E-state index contributed by atoms with van der Waals surface area (Å²) in [6.45, 7) is 5.95. The molecular formula is C23H28NO6-. The van der Waals surface area contributed by atoms with Crippen molar-refractivity contribution in [1.29, 1.82) is 0 Å². The van der Waals surface area contributed by atoms with Crippen LogP contribution in [0.15, 0.2) is 27.4 Å². The molecule has 1 fully saturated rings. The minimum absolute atomic E-state index is 0.236. The highest BCUT2D eigenvalue weighted by Gasteiger charge is 2.24. The summed E-state index contributed by atoms with van der Waals surface area (Å²) in [5.41, 5.74) is 1.67. The Morgan fingerprint density at radius 2 is 1.97 bits per heavy atom. The maximum Gasteiger partial charge on any atom is 0.336 e. The fourth-order valence-electron chi connectivity index (χ4n) is 4.06. The maximum atomic E-state index is 12.5. The number of carboxylic acids is 1. The lowest BCUT2D eigenvalue weighted by Crippen LogP contribution is -2.40. The molecule has 0 bridgehead atoms. The number of nitrogens with one attached hydrogen (secondary N) is 1. The van der Waals surface area contributed by atoms with E-state index in [9.17, 15) is 19.5 Å². The predicted octanol–water partition coefficient (Wildman–Crippen LogP) is 2.10. The first-order chi connectivity index (χ1) is 14.3. The van der Waals surface area contributed by atoms with Crippen LogP contribution in [0.2, 0.25) is 0 Å². The second-order valence-corrected chi connectivity index (χ2v) is 8.05. The topological polar surface area (TPSA) is 109 Å². The molecule has 0 aliphatic heterocycles. The zero-order valence-corrected chi connectivity index (χ0v) is 17.7. The number of rotatable bonds is 7. The van der Waals surface area contributed by atoms with E-state index in [1.54, 1.807) is 19.9 Å². The van der Waals surface area contributed by atoms with Gasteiger partial charge in [0.15, 0.2) is 6.10 Å². The molecule has 1 saturated carbocycles. The van der Waals surface area contributed by atoms with Gasteiger partial charge in [-0.15, -0.1) is 0 Å². The van der Waals surface area contributed by atoms with Gasteiger partial charge < -0.3 is 24.4 Å². The number of carboxylic acid groups (broad SMARTS) is 1. The highest BCUT2D eigenvalue weighted by atomic mass is 16.5. The van der Waals surface area contributed by atoms with Crippen LogP contribution >= 0.6 is 0 Å². The Labute approximate surface area is 175 Å². The van der Waals surface area contributed by atoms with Gasteiger partial charge in [-0.2, -0.15) is 0 Å². The second-order valence-electron chi connectivity index (χ2n) is 8.05. The highest BCUT2D eigenvalue weighted by Crippen LogP contribution is 2.30. The number of hydrogen-bond acceptors (Lipinski definition) is 6. The first-order valence-electron chi connectivity index (χ1n) is 10.5. The summed E-state index contributed by atoms with van der Waals surface area (Å²) in [5.74, 6) is -0.826. The van der Waals surface area contributed by atoms with Crippen molar-refractivity contribution in [1.82, 2.24) is 5.32 Å². The van der Waals surface area contributed by atoms with Crippen LogP contribution in [0.3, 0.4) is 0 Å². The summed E-state index contributed by atoms with van der Waals surface area (Å²) in [6, 6.07) is 5.14. The van der Waals surface area contributed by atoms with Crippen LogP contribution in [0, 0.1) is 18.8 Å². The molecule has 1 aromatic heterocycles. The molecule has 1 N–H and O–H groups in total. The Hall–Kier alpha value is -2.83. The average Bonchev–Trinajstić information content (AvgIpc) is 2.73. The van der Waals surface area contributed by atoms with Crippen molar-refractivity contribution in [3.05, 3.63) is 39.7 Å². The minimum atomic E-state index is -0.979. The molecule has 0 saturated heterocycles. The number of carbonyl (C=O) groups is 2. The van der Waals surface area contributed by atoms with Crippen LogP contribution < -0.4 is 20.8 Å². The molecule has 1 amide bonds. The molecule has 7 nitrogen and oxygen atoms in total. The molecule has 1 aliphatic rings. The Balaban J connectivity index is 1.61. The molecular weight excluding hydrogens is 386 g/mol. The largest absolute Gasteiger partial charge is 0.550 e. The van der Waals surface area contributed by atoms with Crippen LogP contribution in [-0.4, -0.2) is 24.5 Å². The molecule has 0 radical (unpaired) electrons. The van der Waals surface area contributed by atoms with Crippen LogP contribution in [0.4, 0.5) is 0 Å². The Kier molecular flexibility index (Phi) is 6.80. The van der Waals surface area contributed by atoms with Crippen molar-refractivity contribution in [3.8, 4) is 5.75 Å². The molecule has 0 spiro atoms. The molecule has 1 heterocycles. The summed E-state index contributed by atoms with van der Waals surface area (Å²) >= 11 is 0. The number of aryl methyl sites for hydroxylation is 2. The zero-order chi connectivity index (χ0) is 21.8. The third-order valence-corrected chi connectivity index (χ3v) is 6.00. The normalized spacial score (nSPS) is 20.0. The third-order valence-electron chi connectivity index (χ3n) is 6.00. The Morgan fingerprint density at radius 3 is 2.60 bits per heavy atom. The quantitative estimate of drug-likeness (QED) is 0.695. The van der Waals surface area contributed by atoms with E-state index in [0.29, 0.717) is 42.7 Å². The van der Waals surface area contributed by atoms with Gasteiger partial charge >= 0.3 is 5.63 Å². The summed E-state index contributed by atoms with van der Waals surface area (Å²) in [7, 11) is 0. The van der Waals surface area contributed by atoms with Gasteiger partial charge in [0, 0.05) is 29.5 Å². The first-order valence-corrected chi connectivity index (χ1v) is 10.5. The smallest absolute Gasteiger partial charge is 0.336 e. The van der Waals surface area contributed by atoms with Crippen molar-refractivity contribution < 1.29 is 23.8 Å². The van der Waals surface area contributed by atoms with Gasteiger partial charge in [-0.25, -0.2) is 4.79 Å². The molecule has 0 unspecified atom stereocenters. The summed E-state index contributed by atoms with van der Waals surface area (Å²) in [5, 5.41) is 14.7. The molecule has 7 heteroatoms. The number of hydrogen-bond donors (Lipinski definition) is 1. The summed E-state index contributed by atoms with van der Waals surface area (Å²) < 4.78 is 11.2. The second kappa shape index (κ2) is 9.32. The van der Waals surface area contributed by atoms with E-state index in [4.69, 9.17) is 9.15 Å². The monoisotopic (exact) mass is 414 g/mol. The van der Waals surface area contributed by atoms with Gasteiger partial charge in [-0.1, -0.05) is 6.92 Å². The average molecular weight is 414 g/mol. The molecule has 30 heavy (non-hydrogen) atoms. The highest BCUT2D eigenvalue weighted by molar-refractivity contribution is 5.85. The number of amides is 1. The van der Waals surface area contributed by atoms with Gasteiger partial charge in [-0.3, -0.25) is 4.79 Å². The van der Waals surface area contributed by atoms with E-state index in [1.807, 2.05) is 13.0 Å². The number of aliphatic carboxylic acids is 1. The van der Waals surface area contributed by atoms with E-state index in [1.165, 1.54) is 6.07 Å². The fourth-order valence-corrected chi connectivity index (χ4v) is 4.06. The number of carbonyl (C=O) groups excluding carboxylic acids is 2.